The van der Waals surface area contributed by atoms with E-state index >= 15 is 0 Å². The number of halogens is 1. The molecule has 1 aliphatic heterocycles. The van der Waals surface area contributed by atoms with E-state index in [1.54, 1.807) is 6.07 Å². The zero-order valence-corrected chi connectivity index (χ0v) is 19.3. The van der Waals surface area contributed by atoms with E-state index in [4.69, 9.17) is 26.3 Å². The summed E-state index contributed by atoms with van der Waals surface area (Å²) in [6.07, 6.45) is 0.203. The molecule has 31 heavy (non-hydrogen) atoms. The van der Waals surface area contributed by atoms with Crippen LogP contribution in [-0.4, -0.2) is 46.9 Å². The molecule has 6 nitrogen and oxygen atoms in total. The van der Waals surface area contributed by atoms with Gasteiger partial charge < -0.3 is 15.0 Å². The largest absolute Gasteiger partial charge is 0.372 e. The monoisotopic (exact) mass is 456 g/mol. The Labute approximate surface area is 191 Å². The summed E-state index contributed by atoms with van der Waals surface area (Å²) in [5.41, 5.74) is 3.31. The predicted molar refractivity (Wildman–Crippen MR) is 127 cm³/mol. The predicted octanol–water partition coefficient (Wildman–Crippen LogP) is 4.94. The lowest BCUT2D eigenvalue weighted by Gasteiger charge is -2.36. The summed E-state index contributed by atoms with van der Waals surface area (Å²) in [6, 6.07) is 13.3. The highest BCUT2D eigenvalue weighted by Gasteiger charge is 2.26. The van der Waals surface area contributed by atoms with Crippen LogP contribution in [0.2, 0.25) is 5.02 Å². The van der Waals surface area contributed by atoms with E-state index in [9.17, 15) is 4.79 Å². The molecule has 1 amide bonds. The van der Waals surface area contributed by atoms with Gasteiger partial charge in [0.05, 0.1) is 29.0 Å². The molecular weight excluding hydrogens is 432 g/mol. The van der Waals surface area contributed by atoms with E-state index in [0.717, 1.165) is 40.5 Å². The number of morpholine rings is 1. The fraction of sp³-hybridized carbons (Fsp3) is 0.348. The van der Waals surface area contributed by atoms with Crippen molar-refractivity contribution in [3.63, 3.8) is 0 Å². The third kappa shape index (κ3) is 5.29. The van der Waals surface area contributed by atoms with Crippen molar-refractivity contribution in [1.82, 2.24) is 9.97 Å². The number of para-hydroxylation sites is 2. The highest BCUT2D eigenvalue weighted by molar-refractivity contribution is 8.00. The second kappa shape index (κ2) is 9.42. The minimum Gasteiger partial charge on any atom is -0.372 e. The number of hydrogen-bond donors (Lipinski definition) is 1. The number of benzene rings is 2. The molecule has 1 aromatic heterocycles. The number of aryl methyl sites for hydroxylation is 1. The molecule has 2 heterocycles. The zero-order chi connectivity index (χ0) is 22.0. The summed E-state index contributed by atoms with van der Waals surface area (Å²) in [7, 11) is 0. The minimum absolute atomic E-state index is 0.101. The number of thioether (sulfide) groups is 1. The zero-order valence-electron chi connectivity index (χ0n) is 17.8. The van der Waals surface area contributed by atoms with Gasteiger partial charge in [0, 0.05) is 23.8 Å². The molecule has 2 atom stereocenters. The first-order valence-electron chi connectivity index (χ1n) is 10.2. The van der Waals surface area contributed by atoms with Crippen molar-refractivity contribution in [1.29, 1.82) is 0 Å². The molecule has 162 valence electrons. The second-order valence-corrected chi connectivity index (χ2v) is 9.18. The Kier molecular flexibility index (Phi) is 6.65. The number of anilines is 2. The SMILES string of the molecule is Cc1ccc(NC(=O)CSc2nc3ccccc3nc2N2C[C@@H](C)O[C@@H](C)C2)cc1Cl. The maximum atomic E-state index is 12.6. The summed E-state index contributed by atoms with van der Waals surface area (Å²) in [5.74, 6) is 0.910. The second-order valence-electron chi connectivity index (χ2n) is 7.80. The molecule has 1 N–H and O–H groups in total. The highest BCUT2D eigenvalue weighted by atomic mass is 35.5. The summed E-state index contributed by atoms with van der Waals surface area (Å²) in [6.45, 7) is 7.52. The average Bonchev–Trinajstić information content (AvgIpc) is 2.73. The van der Waals surface area contributed by atoms with E-state index in [1.807, 2.05) is 43.3 Å². The first kappa shape index (κ1) is 21.9. The number of amides is 1. The van der Waals surface area contributed by atoms with Gasteiger partial charge in [-0.1, -0.05) is 41.6 Å². The Morgan fingerprint density at radius 2 is 1.84 bits per heavy atom. The number of rotatable bonds is 5. The molecule has 4 rings (SSSR count). The Hall–Kier alpha value is -2.35. The molecule has 0 radical (unpaired) electrons. The lowest BCUT2D eigenvalue weighted by molar-refractivity contribution is -0.113. The van der Waals surface area contributed by atoms with Crippen molar-refractivity contribution in [3.05, 3.63) is 53.1 Å². The van der Waals surface area contributed by atoms with Gasteiger partial charge in [0.2, 0.25) is 5.91 Å². The lowest BCUT2D eigenvalue weighted by atomic mass is 10.2. The number of aromatic nitrogens is 2. The normalized spacial score (nSPS) is 18.9. The number of ether oxygens (including phenoxy) is 1. The van der Waals surface area contributed by atoms with Gasteiger partial charge in [0.25, 0.3) is 0 Å². The van der Waals surface area contributed by atoms with E-state index in [-0.39, 0.29) is 23.9 Å². The fourth-order valence-electron chi connectivity index (χ4n) is 3.63. The molecule has 0 saturated carbocycles. The molecule has 0 unspecified atom stereocenters. The molecule has 8 heteroatoms. The van der Waals surface area contributed by atoms with Gasteiger partial charge in [-0.15, -0.1) is 0 Å². The lowest BCUT2D eigenvalue weighted by Crippen LogP contribution is -2.46. The molecule has 0 bridgehead atoms. The number of carbonyl (C=O) groups is 1. The van der Waals surface area contributed by atoms with E-state index in [2.05, 4.69) is 24.1 Å². The van der Waals surface area contributed by atoms with Gasteiger partial charge >= 0.3 is 0 Å². The van der Waals surface area contributed by atoms with Crippen LogP contribution in [0.15, 0.2) is 47.5 Å². The fourth-order valence-corrected chi connectivity index (χ4v) is 4.62. The average molecular weight is 457 g/mol. The van der Waals surface area contributed by atoms with Crippen molar-refractivity contribution >= 4 is 51.8 Å². The first-order chi connectivity index (χ1) is 14.9. The van der Waals surface area contributed by atoms with Gasteiger partial charge in [-0.2, -0.15) is 0 Å². The standard InChI is InChI=1S/C23H25ClN4O2S/c1-14-8-9-17(10-18(14)24)25-21(29)13-31-23-22(28-11-15(2)30-16(3)12-28)26-19-6-4-5-7-20(19)27-23/h4-10,15-16H,11-13H2,1-3H3,(H,25,29)/t15-,16+. The Morgan fingerprint density at radius 1 is 1.16 bits per heavy atom. The Morgan fingerprint density at radius 3 is 2.52 bits per heavy atom. The maximum Gasteiger partial charge on any atom is 0.234 e. The van der Waals surface area contributed by atoms with E-state index in [1.165, 1.54) is 11.8 Å². The van der Waals surface area contributed by atoms with Crippen molar-refractivity contribution in [2.24, 2.45) is 0 Å². The summed E-state index contributed by atoms with van der Waals surface area (Å²) in [4.78, 5) is 24.5. The van der Waals surface area contributed by atoms with Crippen molar-refractivity contribution in [3.8, 4) is 0 Å². The van der Waals surface area contributed by atoms with Crippen LogP contribution >= 0.6 is 23.4 Å². The molecule has 1 fully saturated rings. The van der Waals surface area contributed by atoms with Crippen LogP contribution in [0.25, 0.3) is 11.0 Å². The quantitative estimate of drug-likeness (QED) is 0.549. The van der Waals surface area contributed by atoms with E-state index < -0.39 is 0 Å². The van der Waals surface area contributed by atoms with Gasteiger partial charge in [-0.3, -0.25) is 4.79 Å². The number of carbonyl (C=O) groups excluding carboxylic acids is 1. The van der Waals surface area contributed by atoms with Crippen LogP contribution in [0.5, 0.6) is 0 Å². The molecule has 0 spiro atoms. The first-order valence-corrected chi connectivity index (χ1v) is 11.6. The van der Waals surface area contributed by atoms with Crippen molar-refractivity contribution in [2.75, 3.05) is 29.1 Å². The van der Waals surface area contributed by atoms with Crippen LogP contribution < -0.4 is 10.2 Å². The molecule has 2 aromatic carbocycles. The van der Waals surface area contributed by atoms with Gasteiger partial charge in [0.15, 0.2) is 5.82 Å². The van der Waals surface area contributed by atoms with Crippen LogP contribution in [0.3, 0.4) is 0 Å². The van der Waals surface area contributed by atoms with Crippen LogP contribution in [0, 0.1) is 6.92 Å². The highest BCUT2D eigenvalue weighted by Crippen LogP contribution is 2.31. The number of nitrogens with one attached hydrogen (secondary N) is 1. The smallest absolute Gasteiger partial charge is 0.234 e. The third-order valence-corrected chi connectivity index (χ3v) is 6.40. The molecule has 1 saturated heterocycles. The van der Waals surface area contributed by atoms with E-state index in [0.29, 0.717) is 10.7 Å². The van der Waals surface area contributed by atoms with Crippen molar-refractivity contribution in [2.45, 2.75) is 38.0 Å². The molecular formula is C23H25ClN4O2S. The summed E-state index contributed by atoms with van der Waals surface area (Å²) >= 11 is 7.56. The Bertz CT molecular complexity index is 1100. The summed E-state index contributed by atoms with van der Waals surface area (Å²) in [5, 5.41) is 4.28. The topological polar surface area (TPSA) is 67.4 Å². The van der Waals surface area contributed by atoms with Crippen LogP contribution in [-0.2, 0) is 9.53 Å². The van der Waals surface area contributed by atoms with Crippen molar-refractivity contribution < 1.29 is 9.53 Å². The van der Waals surface area contributed by atoms with Crippen LogP contribution in [0.1, 0.15) is 19.4 Å². The van der Waals surface area contributed by atoms with Crippen LogP contribution in [0.4, 0.5) is 11.5 Å². The minimum atomic E-state index is -0.116. The van der Waals surface area contributed by atoms with Gasteiger partial charge in [0.1, 0.15) is 5.03 Å². The maximum absolute atomic E-state index is 12.6. The summed E-state index contributed by atoms with van der Waals surface area (Å²) < 4.78 is 5.88. The molecule has 3 aromatic rings. The molecule has 1 aliphatic rings. The number of fused-ring (bicyclic) bond motifs is 1. The molecule has 0 aliphatic carbocycles. The van der Waals surface area contributed by atoms with Gasteiger partial charge in [-0.05, 0) is 50.6 Å². The number of nitrogens with zero attached hydrogens (tertiary/aromatic N) is 3. The third-order valence-electron chi connectivity index (χ3n) is 5.04. The van der Waals surface area contributed by atoms with Gasteiger partial charge in [-0.25, -0.2) is 9.97 Å². The Balaban J connectivity index is 1.55. The number of hydrogen-bond acceptors (Lipinski definition) is 6.